The van der Waals surface area contributed by atoms with Gasteiger partial charge in [0.1, 0.15) is 0 Å². The summed E-state index contributed by atoms with van der Waals surface area (Å²) >= 11 is 0. The smallest absolute Gasteiger partial charge is 0.310 e. The van der Waals surface area contributed by atoms with Gasteiger partial charge in [-0.15, -0.1) is 6.58 Å². The molecule has 4 nitrogen and oxygen atoms in total. The minimum atomic E-state index is -0.824. The highest BCUT2D eigenvalue weighted by Gasteiger charge is 2.02. The molecule has 0 aliphatic carbocycles. The summed E-state index contributed by atoms with van der Waals surface area (Å²) in [6.07, 6.45) is 2.93. The molecule has 1 unspecified atom stereocenters. The summed E-state index contributed by atoms with van der Waals surface area (Å²) < 4.78 is 4.32. The van der Waals surface area contributed by atoms with Crippen molar-refractivity contribution >= 4 is 11.9 Å². The maximum absolute atomic E-state index is 10.1. The number of carboxylic acids is 1. The highest BCUT2D eigenvalue weighted by molar-refractivity contribution is 5.71. The van der Waals surface area contributed by atoms with Crippen molar-refractivity contribution in [3.63, 3.8) is 0 Å². The van der Waals surface area contributed by atoms with Crippen molar-refractivity contribution in [3.05, 3.63) is 25.5 Å². The van der Waals surface area contributed by atoms with Gasteiger partial charge >= 0.3 is 11.9 Å². The van der Waals surface area contributed by atoms with Crippen LogP contribution >= 0.6 is 0 Å². The van der Waals surface area contributed by atoms with Crippen LogP contribution < -0.4 is 0 Å². The standard InChI is InChI=1S/2C5H8O2/c1-3-5(6)7-4-2;1-3-4(2)5(6)7/h4H,2-3H2,1H3;3-4H,1H2,2H3,(H,6,7). The third kappa shape index (κ3) is 10.4. The number of hydrogen-bond acceptors (Lipinski definition) is 3. The van der Waals surface area contributed by atoms with Crippen LogP contribution in [-0.4, -0.2) is 17.0 Å². The van der Waals surface area contributed by atoms with Gasteiger partial charge in [0, 0.05) is 6.42 Å². The molecule has 0 aromatic rings. The van der Waals surface area contributed by atoms with Crippen molar-refractivity contribution in [2.75, 3.05) is 0 Å². The van der Waals surface area contributed by atoms with Gasteiger partial charge in [0.05, 0.1) is 12.2 Å². The summed E-state index contributed by atoms with van der Waals surface area (Å²) in [5, 5.41) is 8.11. The third-order valence-corrected chi connectivity index (χ3v) is 1.25. The second-order valence-corrected chi connectivity index (χ2v) is 2.37. The van der Waals surface area contributed by atoms with E-state index in [9.17, 15) is 9.59 Å². The molecule has 0 aromatic heterocycles. The minimum absolute atomic E-state index is 0.241. The Morgan fingerprint density at radius 1 is 1.50 bits per heavy atom. The van der Waals surface area contributed by atoms with Gasteiger partial charge in [-0.05, 0) is 6.92 Å². The van der Waals surface area contributed by atoms with Crippen molar-refractivity contribution in [2.45, 2.75) is 20.3 Å². The number of hydrogen-bond donors (Lipinski definition) is 1. The fourth-order valence-corrected chi connectivity index (χ4v) is 0.277. The van der Waals surface area contributed by atoms with Crippen molar-refractivity contribution in [3.8, 4) is 0 Å². The normalized spacial score (nSPS) is 10.1. The first kappa shape index (κ1) is 14.9. The lowest BCUT2D eigenvalue weighted by Crippen LogP contribution is -2.04. The molecule has 0 fully saturated rings. The molecule has 0 heterocycles. The molecule has 1 atom stereocenters. The Hall–Kier alpha value is -1.58. The molecule has 0 aromatic carbocycles. The Bertz CT molecular complexity index is 206. The van der Waals surface area contributed by atoms with Crippen LogP contribution in [0.2, 0.25) is 0 Å². The zero-order valence-corrected chi connectivity index (χ0v) is 8.53. The molecule has 0 rings (SSSR count). The van der Waals surface area contributed by atoms with Gasteiger partial charge in [-0.25, -0.2) is 0 Å². The number of carbonyl (C=O) groups excluding carboxylic acids is 1. The summed E-state index contributed by atoms with van der Waals surface area (Å²) in [4.78, 5) is 20.0. The molecular weight excluding hydrogens is 184 g/mol. The molecule has 0 radical (unpaired) electrons. The van der Waals surface area contributed by atoms with Gasteiger partial charge in [-0.3, -0.25) is 9.59 Å². The predicted molar refractivity (Wildman–Crippen MR) is 53.6 cm³/mol. The molecule has 0 amide bonds. The summed E-state index contributed by atoms with van der Waals surface area (Å²) in [7, 11) is 0. The van der Waals surface area contributed by atoms with E-state index in [1.807, 2.05) is 0 Å². The summed E-state index contributed by atoms with van der Waals surface area (Å²) in [6.45, 7) is 9.81. The number of ether oxygens (including phenoxy) is 1. The van der Waals surface area contributed by atoms with Crippen LogP contribution in [0, 0.1) is 5.92 Å². The van der Waals surface area contributed by atoms with E-state index in [-0.39, 0.29) is 5.97 Å². The van der Waals surface area contributed by atoms with E-state index in [0.29, 0.717) is 6.42 Å². The van der Waals surface area contributed by atoms with E-state index in [0.717, 1.165) is 6.26 Å². The average molecular weight is 200 g/mol. The molecule has 14 heavy (non-hydrogen) atoms. The first-order chi connectivity index (χ1) is 6.49. The van der Waals surface area contributed by atoms with Crippen molar-refractivity contribution < 1.29 is 19.4 Å². The predicted octanol–water partition coefficient (Wildman–Crippen LogP) is 1.98. The monoisotopic (exact) mass is 200 g/mol. The molecular formula is C10H16O4. The Balaban J connectivity index is 0. The van der Waals surface area contributed by atoms with E-state index >= 15 is 0 Å². The topological polar surface area (TPSA) is 63.6 Å². The number of esters is 1. The van der Waals surface area contributed by atoms with E-state index in [1.165, 1.54) is 6.08 Å². The fraction of sp³-hybridized carbons (Fsp3) is 0.400. The largest absolute Gasteiger partial charge is 0.481 e. The molecule has 0 spiro atoms. The number of carbonyl (C=O) groups is 2. The van der Waals surface area contributed by atoms with Crippen LogP contribution in [0.4, 0.5) is 0 Å². The number of rotatable bonds is 4. The zero-order valence-electron chi connectivity index (χ0n) is 8.53. The summed E-state index contributed by atoms with van der Waals surface area (Å²) in [5.74, 6) is -1.48. The van der Waals surface area contributed by atoms with E-state index in [2.05, 4.69) is 17.9 Å². The molecule has 0 aliphatic heterocycles. The maximum atomic E-state index is 10.1. The molecule has 4 heteroatoms. The van der Waals surface area contributed by atoms with E-state index in [1.54, 1.807) is 13.8 Å². The van der Waals surface area contributed by atoms with Gasteiger partial charge in [-0.1, -0.05) is 19.6 Å². The van der Waals surface area contributed by atoms with Crippen LogP contribution in [0.15, 0.2) is 25.5 Å². The fourth-order valence-electron chi connectivity index (χ4n) is 0.277. The average Bonchev–Trinajstić information content (AvgIpc) is 2.17. The van der Waals surface area contributed by atoms with Crippen molar-refractivity contribution in [2.24, 2.45) is 5.92 Å². The Labute approximate surface area is 83.9 Å². The minimum Gasteiger partial charge on any atom is -0.481 e. The quantitative estimate of drug-likeness (QED) is 0.428. The Morgan fingerprint density at radius 2 is 2.00 bits per heavy atom. The van der Waals surface area contributed by atoms with Crippen LogP contribution in [0.1, 0.15) is 20.3 Å². The summed E-state index contributed by atoms with van der Waals surface area (Å²) in [5.41, 5.74) is 0. The summed E-state index contributed by atoms with van der Waals surface area (Å²) in [6, 6.07) is 0. The lowest BCUT2D eigenvalue weighted by Gasteiger charge is -1.92. The van der Waals surface area contributed by atoms with Crippen LogP contribution in [0.3, 0.4) is 0 Å². The van der Waals surface area contributed by atoms with Gasteiger partial charge in [0.2, 0.25) is 0 Å². The number of aliphatic carboxylic acids is 1. The van der Waals surface area contributed by atoms with Crippen LogP contribution in [0.25, 0.3) is 0 Å². The second kappa shape index (κ2) is 9.51. The lowest BCUT2D eigenvalue weighted by atomic mass is 10.2. The second-order valence-electron chi connectivity index (χ2n) is 2.37. The third-order valence-electron chi connectivity index (χ3n) is 1.25. The SMILES string of the molecule is C=CC(C)C(=O)O.C=COC(=O)CC. The molecule has 80 valence electrons. The van der Waals surface area contributed by atoms with E-state index in [4.69, 9.17) is 5.11 Å². The van der Waals surface area contributed by atoms with Crippen molar-refractivity contribution in [1.29, 1.82) is 0 Å². The van der Waals surface area contributed by atoms with Gasteiger partial charge < -0.3 is 9.84 Å². The molecule has 1 N–H and O–H groups in total. The molecule has 0 aliphatic rings. The first-order valence-corrected chi connectivity index (χ1v) is 4.15. The highest BCUT2D eigenvalue weighted by Crippen LogP contribution is 1.92. The Kier molecular flexibility index (Phi) is 10.1. The number of carboxylic acid groups (broad SMARTS) is 1. The van der Waals surface area contributed by atoms with Gasteiger partial charge in [0.15, 0.2) is 0 Å². The van der Waals surface area contributed by atoms with Gasteiger partial charge in [-0.2, -0.15) is 0 Å². The molecule has 0 bridgehead atoms. The van der Waals surface area contributed by atoms with Crippen LogP contribution in [0.5, 0.6) is 0 Å². The van der Waals surface area contributed by atoms with Crippen molar-refractivity contribution in [1.82, 2.24) is 0 Å². The maximum Gasteiger partial charge on any atom is 0.310 e. The van der Waals surface area contributed by atoms with E-state index < -0.39 is 11.9 Å². The van der Waals surface area contributed by atoms with Crippen LogP contribution in [-0.2, 0) is 14.3 Å². The Morgan fingerprint density at radius 3 is 2.07 bits per heavy atom. The molecule has 0 saturated carbocycles. The molecule has 0 saturated heterocycles. The first-order valence-electron chi connectivity index (χ1n) is 4.15. The highest BCUT2D eigenvalue weighted by atomic mass is 16.5. The van der Waals surface area contributed by atoms with Gasteiger partial charge in [0.25, 0.3) is 0 Å². The zero-order chi connectivity index (χ0) is 11.6. The lowest BCUT2D eigenvalue weighted by molar-refractivity contribution is -0.139.